The fourth-order valence-electron chi connectivity index (χ4n) is 3.53. The molecule has 31 heavy (non-hydrogen) atoms. The van der Waals surface area contributed by atoms with Gasteiger partial charge in [0.25, 0.3) is 5.69 Å². The average Bonchev–Trinajstić information content (AvgIpc) is 3.24. The Morgan fingerprint density at radius 2 is 1.84 bits per heavy atom. The number of nitro benzene ring substituents is 1. The zero-order valence-corrected chi connectivity index (χ0v) is 17.2. The Morgan fingerprint density at radius 1 is 1.13 bits per heavy atom. The summed E-state index contributed by atoms with van der Waals surface area (Å²) in [6, 6.07) is 10.8. The fraction of sp³-hybridized carbons (Fsp3) is 0.300. The molecule has 4 rings (SSSR count). The lowest BCUT2D eigenvalue weighted by Crippen LogP contribution is -2.39. The normalized spacial score (nSPS) is 17.5. The molecule has 1 atom stereocenters. The van der Waals surface area contributed by atoms with Crippen molar-refractivity contribution in [1.29, 1.82) is 0 Å². The third kappa shape index (κ3) is 4.62. The monoisotopic (exact) mass is 446 g/mol. The number of aromatic nitrogens is 2. The number of piperidine rings is 1. The van der Waals surface area contributed by atoms with Crippen LogP contribution in [0.5, 0.6) is 0 Å². The Hall–Kier alpha value is -3.18. The molecule has 11 heteroatoms. The Labute approximate surface area is 177 Å². The van der Waals surface area contributed by atoms with Crippen molar-refractivity contribution in [3.8, 4) is 0 Å². The van der Waals surface area contributed by atoms with Crippen LogP contribution in [-0.2, 0) is 16.4 Å². The highest BCUT2D eigenvalue weighted by Crippen LogP contribution is 2.30. The smallest absolute Gasteiger partial charge is 0.269 e. The first-order chi connectivity index (χ1) is 14.8. The van der Waals surface area contributed by atoms with Crippen LogP contribution in [0.3, 0.4) is 0 Å². The number of rotatable bonds is 6. The number of halogens is 1. The summed E-state index contributed by atoms with van der Waals surface area (Å²) in [7, 11) is -3.81. The average molecular weight is 446 g/mol. The van der Waals surface area contributed by atoms with Crippen LogP contribution in [-0.4, -0.2) is 40.9 Å². The molecule has 0 radical (unpaired) electrons. The molecule has 1 saturated heterocycles. The van der Waals surface area contributed by atoms with Gasteiger partial charge in [-0.1, -0.05) is 12.1 Å². The lowest BCUT2D eigenvalue weighted by molar-refractivity contribution is -0.384. The van der Waals surface area contributed by atoms with E-state index in [1.54, 1.807) is 12.1 Å². The molecule has 0 bridgehead atoms. The second-order valence-corrected chi connectivity index (χ2v) is 9.23. The van der Waals surface area contributed by atoms with E-state index in [0.29, 0.717) is 37.6 Å². The summed E-state index contributed by atoms with van der Waals surface area (Å²) in [5, 5.41) is 18.9. The number of nitro groups is 1. The lowest BCUT2D eigenvalue weighted by Gasteiger charge is -2.30. The summed E-state index contributed by atoms with van der Waals surface area (Å²) >= 11 is 0. The molecule has 0 spiro atoms. The lowest BCUT2D eigenvalue weighted by atomic mass is 10.00. The SMILES string of the molecule is O=[N+]([O-])c1ccc(S(=O)(=O)N2CCCC(c3nnc(Cc4ccc(F)cc4)o3)C2)cc1. The van der Waals surface area contributed by atoms with Crippen molar-refractivity contribution in [2.45, 2.75) is 30.1 Å². The van der Waals surface area contributed by atoms with Crippen LogP contribution in [0.2, 0.25) is 0 Å². The van der Waals surface area contributed by atoms with Crippen molar-refractivity contribution < 1.29 is 22.1 Å². The maximum atomic E-state index is 13.0. The molecule has 3 aromatic rings. The Bertz CT molecular complexity index is 1180. The summed E-state index contributed by atoms with van der Waals surface area (Å²) in [6.07, 6.45) is 1.67. The molecule has 1 aromatic heterocycles. The zero-order valence-electron chi connectivity index (χ0n) is 16.3. The van der Waals surface area contributed by atoms with Gasteiger partial charge in [0.1, 0.15) is 5.82 Å². The van der Waals surface area contributed by atoms with Gasteiger partial charge in [0.05, 0.1) is 22.2 Å². The molecule has 0 N–H and O–H groups in total. The highest BCUT2D eigenvalue weighted by molar-refractivity contribution is 7.89. The van der Waals surface area contributed by atoms with Gasteiger partial charge in [-0.05, 0) is 42.7 Å². The molecule has 0 aliphatic carbocycles. The van der Waals surface area contributed by atoms with Crippen molar-refractivity contribution in [1.82, 2.24) is 14.5 Å². The molecule has 0 saturated carbocycles. The Morgan fingerprint density at radius 3 is 2.52 bits per heavy atom. The molecule has 2 aromatic carbocycles. The zero-order chi connectivity index (χ0) is 22.0. The van der Waals surface area contributed by atoms with Gasteiger partial charge in [0.15, 0.2) is 0 Å². The molecule has 1 aliphatic heterocycles. The van der Waals surface area contributed by atoms with Crippen LogP contribution in [0, 0.1) is 15.9 Å². The number of hydrogen-bond donors (Lipinski definition) is 0. The Kier molecular flexibility index (Phi) is 5.79. The first-order valence-electron chi connectivity index (χ1n) is 9.64. The van der Waals surface area contributed by atoms with Crippen LogP contribution >= 0.6 is 0 Å². The van der Waals surface area contributed by atoms with Gasteiger partial charge in [-0.15, -0.1) is 10.2 Å². The van der Waals surface area contributed by atoms with E-state index in [4.69, 9.17) is 4.42 Å². The molecular weight excluding hydrogens is 427 g/mol. The predicted octanol–water partition coefficient (Wildman–Crippen LogP) is 3.28. The van der Waals surface area contributed by atoms with Crippen molar-refractivity contribution >= 4 is 15.7 Å². The van der Waals surface area contributed by atoms with Gasteiger partial charge in [-0.3, -0.25) is 10.1 Å². The summed E-state index contributed by atoms with van der Waals surface area (Å²) < 4.78 is 46.1. The van der Waals surface area contributed by atoms with Gasteiger partial charge < -0.3 is 4.42 Å². The van der Waals surface area contributed by atoms with Crippen molar-refractivity contribution in [3.63, 3.8) is 0 Å². The summed E-state index contributed by atoms with van der Waals surface area (Å²) in [5.41, 5.74) is 0.651. The van der Waals surface area contributed by atoms with E-state index in [2.05, 4.69) is 10.2 Å². The quantitative estimate of drug-likeness (QED) is 0.421. The van der Waals surface area contributed by atoms with Crippen molar-refractivity contribution in [2.75, 3.05) is 13.1 Å². The van der Waals surface area contributed by atoms with E-state index in [0.717, 1.165) is 5.56 Å². The predicted molar refractivity (Wildman–Crippen MR) is 107 cm³/mol. The molecule has 1 aliphatic rings. The van der Waals surface area contributed by atoms with E-state index < -0.39 is 14.9 Å². The molecule has 1 fully saturated rings. The number of benzene rings is 2. The van der Waals surface area contributed by atoms with Crippen LogP contribution in [0.4, 0.5) is 10.1 Å². The third-order valence-corrected chi connectivity index (χ3v) is 7.05. The summed E-state index contributed by atoms with van der Waals surface area (Å²) in [4.78, 5) is 10.2. The van der Waals surface area contributed by atoms with E-state index in [1.807, 2.05) is 0 Å². The van der Waals surface area contributed by atoms with Crippen molar-refractivity contribution in [3.05, 3.63) is 81.8 Å². The standard InChI is InChI=1S/C20H19FN4O5S/c21-16-5-3-14(4-6-16)12-19-22-23-20(30-19)15-2-1-11-24(13-15)31(28,29)18-9-7-17(8-10-18)25(26)27/h3-10,15H,1-2,11-13H2. The number of nitrogens with zero attached hydrogens (tertiary/aromatic N) is 4. The molecular formula is C20H19FN4O5S. The molecule has 1 unspecified atom stereocenters. The van der Waals surface area contributed by atoms with Gasteiger partial charge in [0, 0.05) is 25.2 Å². The van der Waals surface area contributed by atoms with Crippen molar-refractivity contribution in [2.24, 2.45) is 0 Å². The number of hydrogen-bond acceptors (Lipinski definition) is 7. The second kappa shape index (κ2) is 8.52. The number of non-ortho nitro benzene ring substituents is 1. The second-order valence-electron chi connectivity index (χ2n) is 7.29. The van der Waals surface area contributed by atoms with E-state index in [1.165, 1.54) is 40.7 Å². The maximum absolute atomic E-state index is 13.0. The third-order valence-electron chi connectivity index (χ3n) is 5.17. The fourth-order valence-corrected chi connectivity index (χ4v) is 5.05. The first kappa shape index (κ1) is 21.1. The van der Waals surface area contributed by atoms with Crippen LogP contribution in [0.1, 0.15) is 36.1 Å². The van der Waals surface area contributed by atoms with Crippen LogP contribution < -0.4 is 0 Å². The summed E-state index contributed by atoms with van der Waals surface area (Å²) in [5.74, 6) is 0.153. The minimum absolute atomic E-state index is 0.00118. The van der Waals surface area contributed by atoms with Gasteiger partial charge in [-0.2, -0.15) is 4.31 Å². The highest BCUT2D eigenvalue weighted by Gasteiger charge is 2.33. The topological polar surface area (TPSA) is 119 Å². The molecule has 9 nitrogen and oxygen atoms in total. The van der Waals surface area contributed by atoms with Crippen LogP contribution in [0.15, 0.2) is 57.8 Å². The van der Waals surface area contributed by atoms with Crippen LogP contribution in [0.25, 0.3) is 0 Å². The first-order valence-corrected chi connectivity index (χ1v) is 11.1. The van der Waals surface area contributed by atoms with Gasteiger partial charge in [0.2, 0.25) is 21.8 Å². The van der Waals surface area contributed by atoms with Gasteiger partial charge in [-0.25, -0.2) is 12.8 Å². The van der Waals surface area contributed by atoms with E-state index >= 15 is 0 Å². The summed E-state index contributed by atoms with van der Waals surface area (Å²) in [6.45, 7) is 0.518. The Balaban J connectivity index is 1.47. The minimum Gasteiger partial charge on any atom is -0.425 e. The maximum Gasteiger partial charge on any atom is 0.269 e. The van der Waals surface area contributed by atoms with Gasteiger partial charge >= 0.3 is 0 Å². The molecule has 2 heterocycles. The van der Waals surface area contributed by atoms with E-state index in [-0.39, 0.29) is 28.9 Å². The van der Waals surface area contributed by atoms with E-state index in [9.17, 15) is 22.9 Å². The molecule has 0 amide bonds. The largest absolute Gasteiger partial charge is 0.425 e. The number of sulfonamides is 1. The molecule has 162 valence electrons. The minimum atomic E-state index is -3.81. The highest BCUT2D eigenvalue weighted by atomic mass is 32.2.